The number of benzene rings is 2. The van der Waals surface area contributed by atoms with Gasteiger partial charge in [0.05, 0.1) is 12.8 Å². The molecule has 0 atom stereocenters. The van der Waals surface area contributed by atoms with Gasteiger partial charge >= 0.3 is 11.9 Å². The summed E-state index contributed by atoms with van der Waals surface area (Å²) in [5.74, 6) is 0.485. The predicted octanol–water partition coefficient (Wildman–Crippen LogP) is 9.90. The van der Waals surface area contributed by atoms with Crippen LogP contribution in [-0.2, 0) is 27.2 Å². The van der Waals surface area contributed by atoms with E-state index in [0.717, 1.165) is 31.2 Å². The first-order chi connectivity index (χ1) is 17.3. The fraction of sp³-hybridized carbons (Fsp3) is 0.562. The van der Waals surface area contributed by atoms with Crippen LogP contribution < -0.4 is 0 Å². The van der Waals surface area contributed by atoms with Crippen molar-refractivity contribution in [2.45, 2.75) is 118 Å². The summed E-state index contributed by atoms with van der Waals surface area (Å²) in [7, 11) is 0. The van der Waals surface area contributed by atoms with Gasteiger partial charge in [0.1, 0.15) is 5.60 Å². The minimum atomic E-state index is -0.767. The van der Waals surface area contributed by atoms with Crippen LogP contribution in [0.25, 0.3) is 0 Å². The quantitative estimate of drug-likeness (QED) is 0.288. The average molecular weight is 655 g/mol. The van der Waals surface area contributed by atoms with E-state index in [9.17, 15) is 9.59 Å². The van der Waals surface area contributed by atoms with Crippen LogP contribution >= 0.6 is 31.9 Å². The first kappa shape index (κ1) is 34.4. The number of aliphatic carboxylic acids is 1. The van der Waals surface area contributed by atoms with Gasteiger partial charge in [0.15, 0.2) is 0 Å². The molecule has 0 aliphatic heterocycles. The first-order valence-corrected chi connectivity index (χ1v) is 15.0. The van der Waals surface area contributed by atoms with Crippen LogP contribution in [0.3, 0.4) is 0 Å². The molecule has 38 heavy (non-hydrogen) atoms. The Bertz CT molecular complexity index is 1050. The minimum Gasteiger partial charge on any atom is -0.481 e. The summed E-state index contributed by atoms with van der Waals surface area (Å²) in [4.78, 5) is 23.2. The van der Waals surface area contributed by atoms with Crippen LogP contribution in [0, 0.1) is 0 Å². The minimum absolute atomic E-state index is 0.105. The molecule has 4 nitrogen and oxygen atoms in total. The Morgan fingerprint density at radius 2 is 0.974 bits per heavy atom. The second-order valence-corrected chi connectivity index (χ2v) is 13.9. The van der Waals surface area contributed by atoms with Crippen molar-refractivity contribution >= 4 is 43.8 Å². The van der Waals surface area contributed by atoms with Gasteiger partial charge in [-0.15, -0.1) is 0 Å². The third-order valence-corrected chi connectivity index (χ3v) is 7.04. The number of hydrogen-bond donors (Lipinski definition) is 1. The second kappa shape index (κ2) is 14.6. The normalized spacial score (nSPS) is 11.7. The number of esters is 1. The van der Waals surface area contributed by atoms with E-state index in [1.54, 1.807) is 0 Å². The molecule has 0 bridgehead atoms. The van der Waals surface area contributed by atoms with E-state index >= 15 is 0 Å². The Balaban J connectivity index is 0.000000389. The van der Waals surface area contributed by atoms with Gasteiger partial charge in [-0.1, -0.05) is 87.2 Å². The van der Waals surface area contributed by atoms with Gasteiger partial charge in [-0.25, -0.2) is 0 Å². The average Bonchev–Trinajstić information content (AvgIpc) is 2.73. The fourth-order valence-corrected chi connectivity index (χ4v) is 5.49. The highest BCUT2D eigenvalue weighted by Gasteiger charge is 2.22. The molecule has 0 aliphatic carbocycles. The number of carbonyl (C=O) groups is 2. The molecule has 0 amide bonds. The maximum absolute atomic E-state index is 12.2. The van der Waals surface area contributed by atoms with Gasteiger partial charge in [0.2, 0.25) is 0 Å². The third kappa shape index (κ3) is 10.8. The van der Waals surface area contributed by atoms with E-state index in [1.807, 2.05) is 32.9 Å². The van der Waals surface area contributed by atoms with Crippen molar-refractivity contribution in [2.24, 2.45) is 0 Å². The summed E-state index contributed by atoms with van der Waals surface area (Å²) in [6.45, 7) is 22.7. The fourth-order valence-electron chi connectivity index (χ4n) is 4.50. The highest BCUT2D eigenvalue weighted by Crippen LogP contribution is 2.33. The van der Waals surface area contributed by atoms with Crippen LogP contribution in [0.5, 0.6) is 0 Å². The van der Waals surface area contributed by atoms with Crippen LogP contribution in [0.4, 0.5) is 0 Å². The molecule has 1 N–H and O–H groups in total. The van der Waals surface area contributed by atoms with Crippen molar-refractivity contribution < 1.29 is 19.4 Å². The second-order valence-electron chi connectivity index (χ2n) is 12.1. The molecule has 2 rings (SSSR count). The number of halogens is 2. The number of carboxylic acids is 1. The van der Waals surface area contributed by atoms with Crippen molar-refractivity contribution in [1.82, 2.24) is 0 Å². The topological polar surface area (TPSA) is 63.6 Å². The summed E-state index contributed by atoms with van der Waals surface area (Å²) in [5, 5.41) is 9.04. The third-order valence-electron chi connectivity index (χ3n) is 6.12. The van der Waals surface area contributed by atoms with Crippen molar-refractivity contribution in [3.8, 4) is 0 Å². The molecule has 0 aliphatic rings. The summed E-state index contributed by atoms with van der Waals surface area (Å²) in [5.41, 5.74) is 6.36. The van der Waals surface area contributed by atoms with Gasteiger partial charge in [-0.3, -0.25) is 9.59 Å². The molecular formula is C32H46Br2O4. The highest BCUT2D eigenvalue weighted by atomic mass is 79.9. The Labute approximate surface area is 247 Å². The van der Waals surface area contributed by atoms with E-state index < -0.39 is 11.6 Å². The summed E-state index contributed by atoms with van der Waals surface area (Å²) in [6.07, 6.45) is 0.444. The van der Waals surface area contributed by atoms with Crippen molar-refractivity contribution in [3.63, 3.8) is 0 Å². The first-order valence-electron chi connectivity index (χ1n) is 13.4. The van der Waals surface area contributed by atoms with E-state index in [2.05, 4.69) is 99.4 Å². The standard InChI is InChI=1S/C18H27BrO2.C14H19BrO2/c1-11(2)14-8-13(19)9-15(12(3)4)16(14)10-17(20)21-18(5,6)7;1-8(2)11-5-10(15)6-12(9(3)4)13(11)7-14(16)17/h8-9,11-12H,10H2,1-7H3;5-6,8-9H,7H2,1-4H3,(H,16,17). The van der Waals surface area contributed by atoms with Gasteiger partial charge < -0.3 is 9.84 Å². The van der Waals surface area contributed by atoms with Gasteiger partial charge in [-0.05, 0) is 102 Å². The molecule has 212 valence electrons. The number of hydrogen-bond acceptors (Lipinski definition) is 3. The molecule has 2 aromatic rings. The lowest BCUT2D eigenvalue weighted by atomic mass is 9.87. The Morgan fingerprint density at radius 3 is 1.21 bits per heavy atom. The molecule has 0 heterocycles. The molecule has 2 aromatic carbocycles. The lowest BCUT2D eigenvalue weighted by Crippen LogP contribution is -2.25. The predicted molar refractivity (Wildman–Crippen MR) is 166 cm³/mol. The zero-order valence-corrected chi connectivity index (χ0v) is 28.1. The maximum atomic E-state index is 12.2. The van der Waals surface area contributed by atoms with Gasteiger partial charge in [0.25, 0.3) is 0 Å². The van der Waals surface area contributed by atoms with E-state index in [1.165, 1.54) is 11.1 Å². The number of carboxylic acid groups (broad SMARTS) is 1. The van der Waals surface area contributed by atoms with Crippen molar-refractivity contribution in [2.75, 3.05) is 0 Å². The van der Waals surface area contributed by atoms with Crippen LogP contribution in [0.1, 0.15) is 133 Å². The van der Waals surface area contributed by atoms with Crippen LogP contribution in [0.15, 0.2) is 33.2 Å². The molecule has 0 saturated heterocycles. The zero-order valence-electron chi connectivity index (χ0n) is 25.0. The Kier molecular flexibility index (Phi) is 13.2. The molecule has 0 fully saturated rings. The van der Waals surface area contributed by atoms with E-state index in [0.29, 0.717) is 30.1 Å². The van der Waals surface area contributed by atoms with Crippen molar-refractivity contribution in [1.29, 1.82) is 0 Å². The monoisotopic (exact) mass is 652 g/mol. The Hall–Kier alpha value is -1.66. The van der Waals surface area contributed by atoms with Crippen LogP contribution in [-0.4, -0.2) is 22.6 Å². The molecule has 6 heteroatoms. The molecule has 0 aromatic heterocycles. The zero-order chi connectivity index (χ0) is 29.5. The maximum Gasteiger partial charge on any atom is 0.310 e. The number of ether oxygens (including phenoxy) is 1. The van der Waals surface area contributed by atoms with E-state index in [-0.39, 0.29) is 12.4 Å². The number of rotatable bonds is 8. The molecular weight excluding hydrogens is 608 g/mol. The van der Waals surface area contributed by atoms with Crippen molar-refractivity contribution in [3.05, 3.63) is 66.6 Å². The largest absolute Gasteiger partial charge is 0.481 e. The van der Waals surface area contributed by atoms with E-state index in [4.69, 9.17) is 9.84 Å². The molecule has 0 unspecified atom stereocenters. The lowest BCUT2D eigenvalue weighted by molar-refractivity contribution is -0.154. The SMILES string of the molecule is CC(C)c1cc(Br)cc(C(C)C)c1CC(=O)O.CC(C)c1cc(Br)cc(C(C)C)c1CC(=O)OC(C)(C)C. The smallest absolute Gasteiger partial charge is 0.310 e. The van der Waals surface area contributed by atoms with Crippen LogP contribution in [0.2, 0.25) is 0 Å². The number of carbonyl (C=O) groups excluding carboxylic acids is 1. The van der Waals surface area contributed by atoms with Gasteiger partial charge in [-0.2, -0.15) is 0 Å². The highest BCUT2D eigenvalue weighted by molar-refractivity contribution is 9.10. The molecule has 0 radical (unpaired) electrons. The summed E-state index contributed by atoms with van der Waals surface area (Å²) >= 11 is 7.09. The molecule has 0 spiro atoms. The molecule has 0 saturated carbocycles. The summed E-state index contributed by atoms with van der Waals surface area (Å²) < 4.78 is 7.59. The Morgan fingerprint density at radius 1 is 0.684 bits per heavy atom. The lowest BCUT2D eigenvalue weighted by Gasteiger charge is -2.23. The van der Waals surface area contributed by atoms with Gasteiger partial charge in [0, 0.05) is 8.95 Å². The summed E-state index contributed by atoms with van der Waals surface area (Å²) in [6, 6.07) is 8.32.